The van der Waals surface area contributed by atoms with Crippen LogP contribution in [0.4, 0.5) is 5.82 Å². The van der Waals surface area contributed by atoms with Crippen LogP contribution in [0.1, 0.15) is 0 Å². The van der Waals surface area contributed by atoms with Gasteiger partial charge in [0.15, 0.2) is 11.5 Å². The molecule has 0 atom stereocenters. The first-order valence-electron chi connectivity index (χ1n) is 7.12. The third-order valence-corrected chi connectivity index (χ3v) is 4.88. The SMILES string of the molecule is CN1CCN(c2ncc(-c3cccs3)n3ccnc23)CC1. The molecule has 0 bridgehead atoms. The van der Waals surface area contributed by atoms with Crippen molar-refractivity contribution >= 4 is 22.8 Å². The predicted molar refractivity (Wildman–Crippen MR) is 86.0 cm³/mol. The number of anilines is 1. The van der Waals surface area contributed by atoms with Crippen LogP contribution in [0.25, 0.3) is 16.2 Å². The number of likely N-dealkylation sites (N-methyl/N-ethyl adjacent to an activating group) is 1. The van der Waals surface area contributed by atoms with Gasteiger partial charge in [0.25, 0.3) is 0 Å². The van der Waals surface area contributed by atoms with Crippen LogP contribution < -0.4 is 4.90 Å². The van der Waals surface area contributed by atoms with E-state index in [0.717, 1.165) is 43.3 Å². The molecule has 1 aliphatic heterocycles. The highest BCUT2D eigenvalue weighted by Gasteiger charge is 2.19. The van der Waals surface area contributed by atoms with Crippen molar-refractivity contribution in [1.29, 1.82) is 0 Å². The molecule has 1 saturated heterocycles. The summed E-state index contributed by atoms with van der Waals surface area (Å²) >= 11 is 1.73. The summed E-state index contributed by atoms with van der Waals surface area (Å²) in [6, 6.07) is 4.19. The maximum atomic E-state index is 4.71. The molecule has 4 rings (SSSR count). The normalized spacial score (nSPS) is 16.7. The molecule has 0 radical (unpaired) electrons. The molecule has 1 aliphatic rings. The van der Waals surface area contributed by atoms with Crippen LogP contribution in [-0.2, 0) is 0 Å². The minimum Gasteiger partial charge on any atom is -0.351 e. The molecule has 0 aliphatic carbocycles. The average molecular weight is 299 g/mol. The molecule has 21 heavy (non-hydrogen) atoms. The third kappa shape index (κ3) is 2.20. The summed E-state index contributed by atoms with van der Waals surface area (Å²) in [5, 5.41) is 2.09. The standard InChI is InChI=1S/C15H17N5S/c1-18-6-8-19(9-7-18)14-15-16-4-5-20(15)12(11-17-14)13-3-2-10-21-13/h2-5,10-11H,6-9H2,1H3. The number of fused-ring (bicyclic) bond motifs is 1. The van der Waals surface area contributed by atoms with Crippen molar-refractivity contribution in [3.63, 3.8) is 0 Å². The number of nitrogens with zero attached hydrogens (tertiary/aromatic N) is 5. The number of hydrogen-bond donors (Lipinski definition) is 0. The number of rotatable bonds is 2. The lowest BCUT2D eigenvalue weighted by molar-refractivity contribution is 0.312. The zero-order chi connectivity index (χ0) is 14.2. The van der Waals surface area contributed by atoms with Gasteiger partial charge in [0.1, 0.15) is 0 Å². The fourth-order valence-corrected chi connectivity index (χ4v) is 3.49. The molecule has 6 heteroatoms. The Kier molecular flexibility index (Phi) is 3.12. The van der Waals surface area contributed by atoms with Crippen molar-refractivity contribution in [2.24, 2.45) is 0 Å². The van der Waals surface area contributed by atoms with Gasteiger partial charge in [-0.3, -0.25) is 4.40 Å². The van der Waals surface area contributed by atoms with E-state index in [9.17, 15) is 0 Å². The molecule has 3 aromatic rings. The number of thiophene rings is 1. The first-order valence-corrected chi connectivity index (χ1v) is 8.00. The zero-order valence-electron chi connectivity index (χ0n) is 11.9. The van der Waals surface area contributed by atoms with Gasteiger partial charge in [0.05, 0.1) is 16.8 Å². The summed E-state index contributed by atoms with van der Waals surface area (Å²) in [7, 11) is 2.16. The van der Waals surface area contributed by atoms with Gasteiger partial charge in [-0.25, -0.2) is 9.97 Å². The van der Waals surface area contributed by atoms with Crippen LogP contribution in [-0.4, -0.2) is 52.5 Å². The highest BCUT2D eigenvalue weighted by Crippen LogP contribution is 2.28. The minimum atomic E-state index is 0.949. The Morgan fingerprint density at radius 1 is 1.14 bits per heavy atom. The molecule has 3 aromatic heterocycles. The van der Waals surface area contributed by atoms with Gasteiger partial charge in [-0.2, -0.15) is 0 Å². The third-order valence-electron chi connectivity index (χ3n) is 3.99. The van der Waals surface area contributed by atoms with E-state index in [2.05, 4.69) is 43.7 Å². The molecular formula is C15H17N5S. The average Bonchev–Trinajstić information content (AvgIpc) is 3.19. The second kappa shape index (κ2) is 5.13. The Labute approximate surface area is 127 Å². The topological polar surface area (TPSA) is 36.7 Å². The molecule has 0 unspecified atom stereocenters. The van der Waals surface area contributed by atoms with Gasteiger partial charge < -0.3 is 9.80 Å². The Morgan fingerprint density at radius 3 is 2.76 bits per heavy atom. The van der Waals surface area contributed by atoms with Crippen molar-refractivity contribution in [1.82, 2.24) is 19.3 Å². The molecule has 0 aromatic carbocycles. The van der Waals surface area contributed by atoms with E-state index in [4.69, 9.17) is 4.98 Å². The van der Waals surface area contributed by atoms with Gasteiger partial charge in [-0.15, -0.1) is 11.3 Å². The van der Waals surface area contributed by atoms with Gasteiger partial charge in [0.2, 0.25) is 0 Å². The van der Waals surface area contributed by atoms with E-state index < -0.39 is 0 Å². The summed E-state index contributed by atoms with van der Waals surface area (Å²) in [6.45, 7) is 4.15. The number of piperazine rings is 1. The lowest BCUT2D eigenvalue weighted by atomic mass is 10.3. The van der Waals surface area contributed by atoms with Gasteiger partial charge in [0, 0.05) is 38.6 Å². The quantitative estimate of drug-likeness (QED) is 0.727. The van der Waals surface area contributed by atoms with Crippen LogP contribution in [0.2, 0.25) is 0 Å². The molecule has 5 nitrogen and oxygen atoms in total. The Morgan fingerprint density at radius 2 is 2.00 bits per heavy atom. The lowest BCUT2D eigenvalue weighted by Crippen LogP contribution is -2.45. The number of aromatic nitrogens is 3. The van der Waals surface area contributed by atoms with Gasteiger partial charge in [-0.1, -0.05) is 6.07 Å². The van der Waals surface area contributed by atoms with Crippen molar-refractivity contribution in [2.45, 2.75) is 0 Å². The fraction of sp³-hybridized carbons (Fsp3) is 0.333. The predicted octanol–water partition coefficient (Wildman–Crippen LogP) is 2.21. The monoisotopic (exact) mass is 299 g/mol. The molecule has 0 N–H and O–H groups in total. The summed E-state index contributed by atoms with van der Waals surface area (Å²) in [6.07, 6.45) is 5.84. The summed E-state index contributed by atoms with van der Waals surface area (Å²) < 4.78 is 2.15. The van der Waals surface area contributed by atoms with E-state index in [1.54, 1.807) is 11.3 Å². The molecule has 1 fully saturated rings. The first kappa shape index (κ1) is 12.8. The molecule has 4 heterocycles. The Bertz CT molecular complexity index is 741. The molecule has 0 amide bonds. The fourth-order valence-electron chi connectivity index (χ4n) is 2.75. The number of imidazole rings is 1. The van der Waals surface area contributed by atoms with Gasteiger partial charge >= 0.3 is 0 Å². The molecule has 108 valence electrons. The largest absolute Gasteiger partial charge is 0.351 e. The maximum Gasteiger partial charge on any atom is 0.180 e. The van der Waals surface area contributed by atoms with Crippen LogP contribution in [0.3, 0.4) is 0 Å². The smallest absolute Gasteiger partial charge is 0.180 e. The minimum absolute atomic E-state index is 0.949. The highest BCUT2D eigenvalue weighted by molar-refractivity contribution is 7.13. The van der Waals surface area contributed by atoms with E-state index in [-0.39, 0.29) is 0 Å². The lowest BCUT2D eigenvalue weighted by Gasteiger charge is -2.33. The van der Waals surface area contributed by atoms with E-state index in [1.165, 1.54) is 4.88 Å². The van der Waals surface area contributed by atoms with Crippen molar-refractivity contribution in [2.75, 3.05) is 38.1 Å². The van der Waals surface area contributed by atoms with Crippen LogP contribution in [0, 0.1) is 0 Å². The van der Waals surface area contributed by atoms with Crippen molar-refractivity contribution in [3.05, 3.63) is 36.1 Å². The maximum absolute atomic E-state index is 4.71. The zero-order valence-corrected chi connectivity index (χ0v) is 12.8. The first-order chi connectivity index (χ1) is 10.3. The van der Waals surface area contributed by atoms with Crippen molar-refractivity contribution < 1.29 is 0 Å². The molecule has 0 spiro atoms. The van der Waals surface area contributed by atoms with Crippen LogP contribution >= 0.6 is 11.3 Å². The molecule has 0 saturated carbocycles. The van der Waals surface area contributed by atoms with E-state index in [0.29, 0.717) is 0 Å². The van der Waals surface area contributed by atoms with E-state index in [1.807, 2.05) is 18.6 Å². The highest BCUT2D eigenvalue weighted by atomic mass is 32.1. The number of hydrogen-bond acceptors (Lipinski definition) is 5. The summed E-state index contributed by atoms with van der Waals surface area (Å²) in [5.74, 6) is 0.994. The van der Waals surface area contributed by atoms with Crippen LogP contribution in [0.5, 0.6) is 0 Å². The summed E-state index contributed by atoms with van der Waals surface area (Å²) in [4.78, 5) is 15.1. The van der Waals surface area contributed by atoms with Gasteiger partial charge in [-0.05, 0) is 18.5 Å². The Hall–Kier alpha value is -1.92. The van der Waals surface area contributed by atoms with E-state index >= 15 is 0 Å². The molecular weight excluding hydrogens is 282 g/mol. The van der Waals surface area contributed by atoms with Crippen LogP contribution in [0.15, 0.2) is 36.1 Å². The van der Waals surface area contributed by atoms with Crippen molar-refractivity contribution in [3.8, 4) is 10.6 Å². The summed E-state index contributed by atoms with van der Waals surface area (Å²) in [5.41, 5.74) is 2.06. The Balaban J connectivity index is 1.78. The second-order valence-corrected chi connectivity index (χ2v) is 6.30. The second-order valence-electron chi connectivity index (χ2n) is 5.36.